The first kappa shape index (κ1) is 16.6. The Morgan fingerprint density at radius 3 is 2.38 bits per heavy atom. The number of halogens is 2. The van der Waals surface area contributed by atoms with Crippen LogP contribution in [0.4, 0.5) is 0 Å². The third-order valence-corrected chi connectivity index (χ3v) is 4.17. The van der Waals surface area contributed by atoms with Crippen LogP contribution >= 0.6 is 23.2 Å². The number of benzene rings is 2. The number of ether oxygens (including phenoxy) is 2. The van der Waals surface area contributed by atoms with Crippen LogP contribution in [0, 0.1) is 0 Å². The maximum Gasteiger partial charge on any atom is 0.338 e. The molecule has 6 heteroatoms. The minimum Gasteiger partial charge on any atom is -0.495 e. The molecular weight excluding hydrogens is 349 g/mol. The van der Waals surface area contributed by atoms with Gasteiger partial charge in [0.2, 0.25) is 0 Å². The standard InChI is InChI=1S/C18H13Cl2NO3/c1-23-17-8-12-13(18(22)24-2)7-15(21-16(12)9-14(17)20)10-3-5-11(19)6-4-10/h3-9H,1-2H3. The van der Waals surface area contributed by atoms with E-state index in [-0.39, 0.29) is 0 Å². The summed E-state index contributed by atoms with van der Waals surface area (Å²) in [6, 6.07) is 12.2. The van der Waals surface area contributed by atoms with Crippen molar-refractivity contribution in [3.63, 3.8) is 0 Å². The van der Waals surface area contributed by atoms with E-state index in [1.807, 2.05) is 12.1 Å². The highest BCUT2D eigenvalue weighted by molar-refractivity contribution is 6.33. The van der Waals surface area contributed by atoms with E-state index in [2.05, 4.69) is 4.98 Å². The van der Waals surface area contributed by atoms with Crippen molar-refractivity contribution in [2.24, 2.45) is 0 Å². The zero-order chi connectivity index (χ0) is 17.3. The van der Waals surface area contributed by atoms with Gasteiger partial charge in [0, 0.05) is 16.0 Å². The van der Waals surface area contributed by atoms with Gasteiger partial charge < -0.3 is 9.47 Å². The summed E-state index contributed by atoms with van der Waals surface area (Å²) < 4.78 is 10.1. The molecule has 0 spiro atoms. The fraction of sp³-hybridized carbons (Fsp3) is 0.111. The average Bonchev–Trinajstić information content (AvgIpc) is 2.60. The molecule has 1 aromatic heterocycles. The first-order valence-corrected chi connectivity index (χ1v) is 7.81. The van der Waals surface area contributed by atoms with Gasteiger partial charge in [-0.25, -0.2) is 9.78 Å². The molecule has 3 rings (SSSR count). The van der Waals surface area contributed by atoms with E-state index >= 15 is 0 Å². The molecule has 0 atom stereocenters. The van der Waals surface area contributed by atoms with E-state index in [0.29, 0.717) is 38.0 Å². The van der Waals surface area contributed by atoms with Crippen LogP contribution in [0.5, 0.6) is 5.75 Å². The molecule has 0 saturated carbocycles. The zero-order valence-corrected chi connectivity index (χ0v) is 14.5. The molecule has 1 heterocycles. The number of carbonyl (C=O) groups is 1. The number of rotatable bonds is 3. The van der Waals surface area contributed by atoms with Crippen LogP contribution in [-0.4, -0.2) is 25.2 Å². The Kier molecular flexibility index (Phi) is 4.60. The molecule has 0 bridgehead atoms. The normalized spacial score (nSPS) is 10.7. The molecule has 0 radical (unpaired) electrons. The summed E-state index contributed by atoms with van der Waals surface area (Å²) >= 11 is 12.1. The van der Waals surface area contributed by atoms with Crippen LogP contribution in [0.1, 0.15) is 10.4 Å². The Hall–Kier alpha value is -2.30. The van der Waals surface area contributed by atoms with E-state index in [1.165, 1.54) is 14.2 Å². The molecule has 0 amide bonds. The molecule has 0 fully saturated rings. The van der Waals surface area contributed by atoms with Gasteiger partial charge in [0.25, 0.3) is 0 Å². The van der Waals surface area contributed by atoms with Crippen molar-refractivity contribution in [1.29, 1.82) is 0 Å². The van der Waals surface area contributed by atoms with E-state index < -0.39 is 5.97 Å². The third-order valence-electron chi connectivity index (χ3n) is 3.63. The number of esters is 1. The van der Waals surface area contributed by atoms with Crippen molar-refractivity contribution in [2.45, 2.75) is 0 Å². The van der Waals surface area contributed by atoms with Gasteiger partial charge in [-0.1, -0.05) is 35.3 Å². The summed E-state index contributed by atoms with van der Waals surface area (Å²) in [5, 5.41) is 1.66. The first-order valence-electron chi connectivity index (χ1n) is 7.06. The van der Waals surface area contributed by atoms with Crippen LogP contribution in [-0.2, 0) is 4.74 Å². The van der Waals surface area contributed by atoms with E-state index in [0.717, 1.165) is 5.56 Å². The maximum atomic E-state index is 12.2. The SMILES string of the molecule is COC(=O)c1cc(-c2ccc(Cl)cc2)nc2cc(Cl)c(OC)cc12. The van der Waals surface area contributed by atoms with Gasteiger partial charge in [-0.3, -0.25) is 0 Å². The quantitative estimate of drug-likeness (QED) is 0.615. The van der Waals surface area contributed by atoms with Crippen molar-refractivity contribution < 1.29 is 14.3 Å². The summed E-state index contributed by atoms with van der Waals surface area (Å²) in [5.41, 5.74) is 2.43. The van der Waals surface area contributed by atoms with Gasteiger partial charge in [0.15, 0.2) is 0 Å². The van der Waals surface area contributed by atoms with Gasteiger partial charge in [0.1, 0.15) is 5.75 Å². The molecule has 0 N–H and O–H groups in total. The highest BCUT2D eigenvalue weighted by atomic mass is 35.5. The van der Waals surface area contributed by atoms with Crippen molar-refractivity contribution >= 4 is 40.1 Å². The summed E-state index contributed by atoms with van der Waals surface area (Å²) in [6.45, 7) is 0. The predicted molar refractivity (Wildman–Crippen MR) is 95.1 cm³/mol. The molecule has 4 nitrogen and oxygen atoms in total. The van der Waals surface area contributed by atoms with Gasteiger partial charge in [0.05, 0.1) is 36.0 Å². The molecule has 24 heavy (non-hydrogen) atoms. The molecule has 0 unspecified atom stereocenters. The van der Waals surface area contributed by atoms with E-state index in [1.54, 1.807) is 30.3 Å². The zero-order valence-electron chi connectivity index (χ0n) is 13.0. The predicted octanol–water partition coefficient (Wildman–Crippen LogP) is 5.00. The van der Waals surface area contributed by atoms with E-state index in [4.69, 9.17) is 32.7 Å². The van der Waals surface area contributed by atoms with Crippen LogP contribution in [0.3, 0.4) is 0 Å². The summed E-state index contributed by atoms with van der Waals surface area (Å²) in [6.07, 6.45) is 0. The molecule has 0 aliphatic rings. The number of hydrogen-bond donors (Lipinski definition) is 0. The number of methoxy groups -OCH3 is 2. The van der Waals surface area contributed by atoms with Gasteiger partial charge in [-0.05, 0) is 30.3 Å². The maximum absolute atomic E-state index is 12.2. The second-order valence-corrected chi connectivity index (χ2v) is 5.90. The third kappa shape index (κ3) is 3.03. The van der Waals surface area contributed by atoms with Crippen molar-refractivity contribution in [3.05, 3.63) is 58.1 Å². The number of pyridine rings is 1. The minimum absolute atomic E-state index is 0.391. The van der Waals surface area contributed by atoms with Crippen LogP contribution < -0.4 is 4.74 Å². The van der Waals surface area contributed by atoms with Gasteiger partial charge in [-0.2, -0.15) is 0 Å². The summed E-state index contributed by atoms with van der Waals surface area (Å²) in [5.74, 6) is 0.0114. The van der Waals surface area contributed by atoms with Crippen molar-refractivity contribution in [2.75, 3.05) is 14.2 Å². The lowest BCUT2D eigenvalue weighted by atomic mass is 10.0. The van der Waals surface area contributed by atoms with Gasteiger partial charge >= 0.3 is 5.97 Å². The number of carbonyl (C=O) groups excluding carboxylic acids is 1. The second-order valence-electron chi connectivity index (χ2n) is 5.06. The number of fused-ring (bicyclic) bond motifs is 1. The fourth-order valence-electron chi connectivity index (χ4n) is 2.43. The molecule has 122 valence electrons. The van der Waals surface area contributed by atoms with Crippen LogP contribution in [0.2, 0.25) is 10.0 Å². The van der Waals surface area contributed by atoms with Crippen molar-refractivity contribution in [1.82, 2.24) is 4.98 Å². The number of hydrogen-bond acceptors (Lipinski definition) is 4. The molecular formula is C18H13Cl2NO3. The minimum atomic E-state index is -0.456. The van der Waals surface area contributed by atoms with Crippen LogP contribution in [0.25, 0.3) is 22.2 Å². The highest BCUT2D eigenvalue weighted by Crippen LogP contribution is 2.33. The summed E-state index contributed by atoms with van der Waals surface area (Å²) in [4.78, 5) is 16.8. The lowest BCUT2D eigenvalue weighted by molar-refractivity contribution is 0.0603. The van der Waals surface area contributed by atoms with Gasteiger partial charge in [-0.15, -0.1) is 0 Å². The Balaban J connectivity index is 2.29. The number of nitrogens with zero attached hydrogens (tertiary/aromatic N) is 1. The Morgan fingerprint density at radius 1 is 1.04 bits per heavy atom. The second kappa shape index (κ2) is 6.67. The molecule has 0 saturated heterocycles. The molecule has 0 aliphatic carbocycles. The largest absolute Gasteiger partial charge is 0.495 e. The van der Waals surface area contributed by atoms with E-state index in [9.17, 15) is 4.79 Å². The smallest absolute Gasteiger partial charge is 0.338 e. The monoisotopic (exact) mass is 361 g/mol. The Morgan fingerprint density at radius 2 is 1.75 bits per heavy atom. The average molecular weight is 362 g/mol. The summed E-state index contributed by atoms with van der Waals surface area (Å²) in [7, 11) is 2.85. The van der Waals surface area contributed by atoms with Crippen LogP contribution in [0.15, 0.2) is 42.5 Å². The lowest BCUT2D eigenvalue weighted by Gasteiger charge is -2.11. The number of aromatic nitrogens is 1. The Labute approximate surface area is 148 Å². The molecule has 3 aromatic rings. The Bertz CT molecular complexity index is 924. The first-order chi connectivity index (χ1) is 11.5. The lowest BCUT2D eigenvalue weighted by Crippen LogP contribution is -2.04. The molecule has 2 aromatic carbocycles. The highest BCUT2D eigenvalue weighted by Gasteiger charge is 2.16. The topological polar surface area (TPSA) is 48.4 Å². The molecule has 0 aliphatic heterocycles. The fourth-order valence-corrected chi connectivity index (χ4v) is 2.79. The van der Waals surface area contributed by atoms with Crippen molar-refractivity contribution in [3.8, 4) is 17.0 Å².